The van der Waals surface area contributed by atoms with E-state index >= 15 is 0 Å². The van der Waals surface area contributed by atoms with E-state index in [0.29, 0.717) is 5.56 Å². The molecule has 0 aliphatic carbocycles. The summed E-state index contributed by atoms with van der Waals surface area (Å²) in [5.41, 5.74) is 11.2. The molecular formula is C14H12Cl2N2O6S2. The van der Waals surface area contributed by atoms with Gasteiger partial charge in [-0.1, -0.05) is 53.5 Å². The van der Waals surface area contributed by atoms with Crippen LogP contribution in [0.3, 0.4) is 0 Å². The van der Waals surface area contributed by atoms with Gasteiger partial charge in [0.1, 0.15) is 9.79 Å². The molecule has 0 heterocycles. The van der Waals surface area contributed by atoms with Gasteiger partial charge in [0, 0.05) is 5.56 Å². The maximum atomic E-state index is 11.8. The summed E-state index contributed by atoms with van der Waals surface area (Å²) in [6.07, 6.45) is 0. The molecule has 0 aromatic heterocycles. The molecule has 0 radical (unpaired) electrons. The van der Waals surface area contributed by atoms with Crippen LogP contribution < -0.4 is 11.5 Å². The standard InChI is InChI=1S/C14H12Cl2N2O6S2/c15-9-6-8(12(18)11(17)7-4-2-1-3-5-7)13(25(19,20)21)14(10(9)16)26(22,23)24/h1-6H,17-18H2,(H,19,20,21)(H,22,23,24). The van der Waals surface area contributed by atoms with Crippen molar-refractivity contribution in [1.29, 1.82) is 0 Å². The van der Waals surface area contributed by atoms with Crippen molar-refractivity contribution in [3.05, 3.63) is 57.6 Å². The number of rotatable bonds is 4. The lowest BCUT2D eigenvalue weighted by Crippen LogP contribution is -2.16. The van der Waals surface area contributed by atoms with Crippen molar-refractivity contribution in [3.8, 4) is 0 Å². The van der Waals surface area contributed by atoms with E-state index in [1.54, 1.807) is 30.3 Å². The van der Waals surface area contributed by atoms with E-state index in [1.165, 1.54) is 0 Å². The van der Waals surface area contributed by atoms with E-state index in [9.17, 15) is 25.9 Å². The number of benzene rings is 2. The van der Waals surface area contributed by atoms with E-state index in [1.807, 2.05) is 0 Å². The lowest BCUT2D eigenvalue weighted by molar-refractivity contribution is 0.466. The first kappa shape index (κ1) is 20.5. The molecule has 6 N–H and O–H groups in total. The van der Waals surface area contributed by atoms with Crippen LogP contribution in [-0.4, -0.2) is 25.9 Å². The van der Waals surface area contributed by atoms with Crippen LogP contribution in [0.25, 0.3) is 11.4 Å². The fourth-order valence-electron chi connectivity index (χ4n) is 2.19. The van der Waals surface area contributed by atoms with Crippen LogP contribution >= 0.6 is 23.2 Å². The predicted octanol–water partition coefficient (Wildman–Crippen LogP) is 2.23. The van der Waals surface area contributed by atoms with Gasteiger partial charge >= 0.3 is 0 Å². The van der Waals surface area contributed by atoms with Crippen LogP contribution in [0.5, 0.6) is 0 Å². The fourth-order valence-corrected chi connectivity index (χ4v) is 5.04. The number of nitrogens with two attached hydrogens (primary N) is 2. The first-order valence-corrected chi connectivity index (χ1v) is 10.3. The minimum atomic E-state index is -5.20. The minimum absolute atomic E-state index is 0.116. The van der Waals surface area contributed by atoms with Crippen LogP contribution in [0.15, 0.2) is 46.2 Å². The first-order chi connectivity index (χ1) is 11.9. The molecular weight excluding hydrogens is 427 g/mol. The fraction of sp³-hybridized carbons (Fsp3) is 0. The molecule has 0 saturated heterocycles. The molecule has 2 aromatic carbocycles. The van der Waals surface area contributed by atoms with Gasteiger partial charge < -0.3 is 11.5 Å². The Morgan fingerprint density at radius 1 is 0.846 bits per heavy atom. The molecule has 140 valence electrons. The van der Waals surface area contributed by atoms with Gasteiger partial charge in [-0.3, -0.25) is 9.11 Å². The maximum absolute atomic E-state index is 11.8. The zero-order valence-corrected chi connectivity index (χ0v) is 15.9. The Hall–Kier alpha value is -1.82. The first-order valence-electron chi connectivity index (χ1n) is 6.63. The quantitative estimate of drug-likeness (QED) is 0.417. The van der Waals surface area contributed by atoms with Crippen molar-refractivity contribution >= 4 is 54.8 Å². The molecule has 2 rings (SSSR count). The Morgan fingerprint density at radius 3 is 1.81 bits per heavy atom. The highest BCUT2D eigenvalue weighted by Gasteiger charge is 2.33. The molecule has 0 fully saturated rings. The molecule has 2 aromatic rings. The molecule has 0 aliphatic heterocycles. The topological polar surface area (TPSA) is 161 Å². The van der Waals surface area contributed by atoms with Crippen LogP contribution in [0.4, 0.5) is 0 Å². The Bertz CT molecular complexity index is 1110. The molecule has 0 amide bonds. The van der Waals surface area contributed by atoms with Gasteiger partial charge in [0.2, 0.25) is 0 Å². The summed E-state index contributed by atoms with van der Waals surface area (Å²) in [6, 6.07) is 9.03. The molecule has 0 aliphatic rings. The monoisotopic (exact) mass is 438 g/mol. The summed E-state index contributed by atoms with van der Waals surface area (Å²) >= 11 is 11.6. The van der Waals surface area contributed by atoms with E-state index < -0.39 is 51.3 Å². The molecule has 12 heteroatoms. The Morgan fingerprint density at radius 2 is 1.35 bits per heavy atom. The molecule has 0 unspecified atom stereocenters. The molecule has 0 saturated carbocycles. The summed E-state index contributed by atoms with van der Waals surface area (Å²) < 4.78 is 65.8. The zero-order chi connectivity index (χ0) is 19.9. The second-order valence-electron chi connectivity index (χ2n) is 5.02. The SMILES string of the molecule is NC(=C(N)c1cc(Cl)c(Cl)c(S(=O)(=O)O)c1S(=O)(=O)O)c1ccccc1. The van der Waals surface area contributed by atoms with Gasteiger partial charge in [-0.05, 0) is 11.6 Å². The van der Waals surface area contributed by atoms with E-state index in [-0.39, 0.29) is 5.70 Å². The van der Waals surface area contributed by atoms with Crippen molar-refractivity contribution in [2.45, 2.75) is 9.79 Å². The van der Waals surface area contributed by atoms with Gasteiger partial charge in [-0.15, -0.1) is 0 Å². The normalized spacial score (nSPS) is 13.4. The molecule has 0 bridgehead atoms. The van der Waals surface area contributed by atoms with Crippen LogP contribution in [0, 0.1) is 0 Å². The lowest BCUT2D eigenvalue weighted by atomic mass is 10.1. The smallest absolute Gasteiger partial charge is 0.297 e. The average Bonchev–Trinajstić information content (AvgIpc) is 2.54. The molecule has 0 spiro atoms. The summed E-state index contributed by atoms with van der Waals surface area (Å²) in [7, 11) is -10.4. The van der Waals surface area contributed by atoms with Crippen molar-refractivity contribution in [2.24, 2.45) is 11.5 Å². The Balaban J connectivity index is 3.01. The average molecular weight is 439 g/mol. The van der Waals surface area contributed by atoms with E-state index in [4.69, 9.17) is 34.7 Å². The van der Waals surface area contributed by atoms with Crippen molar-refractivity contribution in [1.82, 2.24) is 0 Å². The van der Waals surface area contributed by atoms with Gasteiger partial charge in [-0.2, -0.15) is 16.8 Å². The second-order valence-corrected chi connectivity index (χ2v) is 8.52. The molecule has 8 nitrogen and oxygen atoms in total. The third-order valence-corrected chi connectivity index (χ3v) is 6.20. The van der Waals surface area contributed by atoms with Gasteiger partial charge in [0.05, 0.1) is 21.4 Å². The predicted molar refractivity (Wildman–Crippen MR) is 97.7 cm³/mol. The Kier molecular flexibility index (Phi) is 5.57. The molecule has 0 atom stereocenters. The highest BCUT2D eigenvalue weighted by Crippen LogP contribution is 2.39. The van der Waals surface area contributed by atoms with Crippen molar-refractivity contribution < 1.29 is 25.9 Å². The molecule has 26 heavy (non-hydrogen) atoms. The van der Waals surface area contributed by atoms with E-state index in [0.717, 1.165) is 6.07 Å². The van der Waals surface area contributed by atoms with Gasteiger partial charge in [-0.25, -0.2) is 0 Å². The third kappa shape index (κ3) is 3.95. The number of hydrogen-bond donors (Lipinski definition) is 4. The minimum Gasteiger partial charge on any atom is -0.397 e. The lowest BCUT2D eigenvalue weighted by Gasteiger charge is -2.16. The number of halogens is 2. The van der Waals surface area contributed by atoms with Gasteiger partial charge in [0.25, 0.3) is 20.2 Å². The second kappa shape index (κ2) is 7.06. The highest BCUT2D eigenvalue weighted by atomic mass is 35.5. The van der Waals surface area contributed by atoms with Crippen LogP contribution in [0.2, 0.25) is 10.0 Å². The van der Waals surface area contributed by atoms with E-state index in [2.05, 4.69) is 0 Å². The summed E-state index contributed by atoms with van der Waals surface area (Å²) in [4.78, 5) is -2.53. The van der Waals surface area contributed by atoms with Crippen molar-refractivity contribution in [2.75, 3.05) is 0 Å². The highest BCUT2D eigenvalue weighted by molar-refractivity contribution is 7.89. The summed E-state index contributed by atoms with van der Waals surface area (Å²) in [6.45, 7) is 0. The number of hydrogen-bond acceptors (Lipinski definition) is 6. The third-order valence-electron chi connectivity index (χ3n) is 3.31. The van der Waals surface area contributed by atoms with Crippen LogP contribution in [0.1, 0.15) is 11.1 Å². The van der Waals surface area contributed by atoms with Gasteiger partial charge in [0.15, 0.2) is 0 Å². The van der Waals surface area contributed by atoms with Crippen molar-refractivity contribution in [3.63, 3.8) is 0 Å². The zero-order valence-electron chi connectivity index (χ0n) is 12.7. The summed E-state index contributed by atoms with van der Waals surface area (Å²) in [5, 5.41) is -1.22. The summed E-state index contributed by atoms with van der Waals surface area (Å²) in [5.74, 6) is 0. The largest absolute Gasteiger partial charge is 0.397 e. The maximum Gasteiger partial charge on any atom is 0.297 e. The van der Waals surface area contributed by atoms with Crippen LogP contribution in [-0.2, 0) is 20.2 Å². The Labute approximate surface area is 159 Å².